The number of carboxylic acid groups (broad SMARTS) is 1. The smallest absolute Gasteiger partial charge is 0.326 e. The molecule has 2 unspecified atom stereocenters. The summed E-state index contributed by atoms with van der Waals surface area (Å²) in [4.78, 5) is 23.5. The van der Waals surface area contributed by atoms with E-state index in [2.05, 4.69) is 15.5 Å². The number of amides is 1. The fourth-order valence-electron chi connectivity index (χ4n) is 2.73. The molecule has 0 aliphatic carbocycles. The lowest BCUT2D eigenvalue weighted by molar-refractivity contribution is -0.145. The molecule has 2 N–H and O–H groups in total. The first-order valence-electron chi connectivity index (χ1n) is 8.08. The van der Waals surface area contributed by atoms with Crippen molar-refractivity contribution >= 4 is 23.2 Å². The van der Waals surface area contributed by atoms with E-state index in [-0.39, 0.29) is 24.7 Å². The molecule has 2 aromatic heterocycles. The number of aromatic nitrogens is 2. The normalized spacial score (nSPS) is 18.6. The van der Waals surface area contributed by atoms with E-state index in [0.29, 0.717) is 25.0 Å². The fourth-order valence-corrected chi connectivity index (χ4v) is 3.36. The van der Waals surface area contributed by atoms with Gasteiger partial charge < -0.3 is 19.6 Å². The molecule has 134 valence electrons. The lowest BCUT2D eigenvalue weighted by atomic mass is 9.93. The number of ether oxygens (including phenoxy) is 1. The molecule has 0 aromatic carbocycles. The molecule has 0 radical (unpaired) electrons. The van der Waals surface area contributed by atoms with E-state index >= 15 is 0 Å². The molecule has 0 spiro atoms. The molecule has 0 bridgehead atoms. The fraction of sp³-hybridized carbons (Fsp3) is 0.500. The molecule has 1 amide bonds. The van der Waals surface area contributed by atoms with E-state index in [1.807, 2.05) is 16.8 Å². The maximum atomic E-state index is 12.1. The van der Waals surface area contributed by atoms with E-state index < -0.39 is 12.0 Å². The van der Waals surface area contributed by atoms with Crippen LogP contribution in [0.5, 0.6) is 0 Å². The average molecular weight is 365 g/mol. The second-order valence-corrected chi connectivity index (χ2v) is 6.65. The summed E-state index contributed by atoms with van der Waals surface area (Å²) in [5.41, 5.74) is 0.844. The topological polar surface area (TPSA) is 115 Å². The van der Waals surface area contributed by atoms with Gasteiger partial charge in [-0.15, -0.1) is 10.2 Å². The molecule has 3 rings (SSSR count). The third-order valence-corrected chi connectivity index (χ3v) is 4.73. The number of aliphatic carboxylic acids is 1. The van der Waals surface area contributed by atoms with E-state index in [1.165, 1.54) is 11.3 Å². The van der Waals surface area contributed by atoms with Gasteiger partial charge in [0.15, 0.2) is 0 Å². The number of carbonyl (C=O) groups is 2. The van der Waals surface area contributed by atoms with Crippen LogP contribution in [-0.2, 0) is 20.7 Å². The summed E-state index contributed by atoms with van der Waals surface area (Å²) in [6.45, 7) is 0.991. The summed E-state index contributed by atoms with van der Waals surface area (Å²) in [5.74, 6) is -0.831. The second kappa shape index (κ2) is 8.21. The number of nitrogens with one attached hydrogen (secondary N) is 1. The summed E-state index contributed by atoms with van der Waals surface area (Å²) >= 11 is 1.53. The molecular weight excluding hydrogens is 346 g/mol. The third-order valence-electron chi connectivity index (χ3n) is 4.05. The predicted molar refractivity (Wildman–Crippen MR) is 89.0 cm³/mol. The zero-order valence-corrected chi connectivity index (χ0v) is 14.3. The van der Waals surface area contributed by atoms with Crippen LogP contribution in [0.2, 0.25) is 0 Å². The van der Waals surface area contributed by atoms with Crippen molar-refractivity contribution < 1.29 is 23.8 Å². The van der Waals surface area contributed by atoms with Crippen molar-refractivity contribution in [1.82, 2.24) is 15.5 Å². The predicted octanol–water partition coefficient (Wildman–Crippen LogP) is 1.73. The maximum absolute atomic E-state index is 12.1. The molecule has 0 saturated carbocycles. The maximum Gasteiger partial charge on any atom is 0.326 e. The Kier molecular flexibility index (Phi) is 5.77. The lowest BCUT2D eigenvalue weighted by Gasteiger charge is -2.28. The number of thiophene rings is 1. The minimum Gasteiger partial charge on any atom is -0.480 e. The zero-order chi connectivity index (χ0) is 17.6. The highest BCUT2D eigenvalue weighted by Gasteiger charge is 2.31. The Morgan fingerprint density at radius 3 is 3.00 bits per heavy atom. The summed E-state index contributed by atoms with van der Waals surface area (Å²) in [5, 5.41) is 23.6. The van der Waals surface area contributed by atoms with Crippen LogP contribution in [0.15, 0.2) is 21.2 Å². The van der Waals surface area contributed by atoms with Crippen LogP contribution in [0.4, 0.5) is 0 Å². The van der Waals surface area contributed by atoms with Crippen molar-refractivity contribution in [2.45, 2.75) is 31.7 Å². The zero-order valence-electron chi connectivity index (χ0n) is 13.5. The Morgan fingerprint density at radius 1 is 1.44 bits per heavy atom. The lowest BCUT2D eigenvalue weighted by Crippen LogP contribution is -2.48. The van der Waals surface area contributed by atoms with Gasteiger partial charge in [0.1, 0.15) is 6.04 Å². The number of nitrogens with zero attached hydrogens (tertiary/aromatic N) is 2. The van der Waals surface area contributed by atoms with Crippen LogP contribution in [0.25, 0.3) is 11.5 Å². The van der Waals surface area contributed by atoms with Crippen LogP contribution in [0.3, 0.4) is 0 Å². The highest BCUT2D eigenvalue weighted by atomic mass is 32.1. The monoisotopic (exact) mass is 365 g/mol. The molecule has 1 fully saturated rings. The SMILES string of the molecule is O=C(CCc1nnc(-c2ccsc2)o1)NC(C(=O)O)C1CCCOC1. The Balaban J connectivity index is 1.52. The number of rotatable bonds is 7. The first-order valence-corrected chi connectivity index (χ1v) is 9.02. The third kappa shape index (κ3) is 4.64. The van der Waals surface area contributed by atoms with Crippen molar-refractivity contribution in [3.8, 4) is 11.5 Å². The van der Waals surface area contributed by atoms with Crippen LogP contribution < -0.4 is 5.32 Å². The Hall–Kier alpha value is -2.26. The number of aryl methyl sites for hydroxylation is 1. The van der Waals surface area contributed by atoms with E-state index in [0.717, 1.165) is 18.4 Å². The Morgan fingerprint density at radius 2 is 2.32 bits per heavy atom. The molecule has 2 atom stereocenters. The van der Waals surface area contributed by atoms with Crippen molar-refractivity contribution in [2.75, 3.05) is 13.2 Å². The molecule has 2 aromatic rings. The highest BCUT2D eigenvalue weighted by molar-refractivity contribution is 7.08. The van der Waals surface area contributed by atoms with Gasteiger partial charge in [-0.3, -0.25) is 4.79 Å². The van der Waals surface area contributed by atoms with E-state index in [9.17, 15) is 14.7 Å². The number of hydrogen-bond acceptors (Lipinski definition) is 7. The second-order valence-electron chi connectivity index (χ2n) is 5.87. The number of hydrogen-bond donors (Lipinski definition) is 2. The number of carbonyl (C=O) groups excluding carboxylic acids is 1. The van der Waals surface area contributed by atoms with Gasteiger partial charge in [-0.1, -0.05) is 0 Å². The van der Waals surface area contributed by atoms with Gasteiger partial charge in [-0.2, -0.15) is 11.3 Å². The molecule has 3 heterocycles. The molecule has 8 nitrogen and oxygen atoms in total. The minimum atomic E-state index is -1.04. The van der Waals surface area contributed by atoms with Crippen molar-refractivity contribution in [3.63, 3.8) is 0 Å². The first-order chi connectivity index (χ1) is 12.1. The van der Waals surface area contributed by atoms with Crippen LogP contribution >= 0.6 is 11.3 Å². The van der Waals surface area contributed by atoms with E-state index in [1.54, 1.807) is 0 Å². The van der Waals surface area contributed by atoms with Gasteiger partial charge in [-0.25, -0.2) is 4.79 Å². The average Bonchev–Trinajstić information content (AvgIpc) is 3.29. The molecular formula is C16H19N3O5S. The van der Waals surface area contributed by atoms with Gasteiger partial charge in [0.2, 0.25) is 17.7 Å². The summed E-state index contributed by atoms with van der Waals surface area (Å²) < 4.78 is 10.8. The van der Waals surface area contributed by atoms with Crippen molar-refractivity contribution in [3.05, 3.63) is 22.7 Å². The number of carboxylic acids is 1. The van der Waals surface area contributed by atoms with Gasteiger partial charge in [0.05, 0.1) is 6.61 Å². The van der Waals surface area contributed by atoms with Crippen molar-refractivity contribution in [2.24, 2.45) is 5.92 Å². The van der Waals surface area contributed by atoms with Crippen molar-refractivity contribution in [1.29, 1.82) is 0 Å². The standard InChI is InChI=1S/C16H19N3O5S/c20-12(17-14(16(21)22)10-2-1-6-23-8-10)3-4-13-18-19-15(24-13)11-5-7-25-9-11/h5,7,9-10,14H,1-4,6,8H2,(H,17,20)(H,21,22). The molecule has 25 heavy (non-hydrogen) atoms. The van der Waals surface area contributed by atoms with Gasteiger partial charge in [-0.05, 0) is 24.3 Å². The summed E-state index contributed by atoms with van der Waals surface area (Å²) in [6, 6.07) is 0.940. The molecule has 9 heteroatoms. The first kappa shape index (κ1) is 17.6. The largest absolute Gasteiger partial charge is 0.480 e. The van der Waals surface area contributed by atoms with E-state index in [4.69, 9.17) is 9.15 Å². The van der Waals surface area contributed by atoms with Crippen LogP contribution in [0, 0.1) is 5.92 Å². The summed E-state index contributed by atoms with van der Waals surface area (Å²) in [6.07, 6.45) is 1.88. The Bertz CT molecular complexity index is 709. The molecule has 1 aliphatic rings. The molecule has 1 saturated heterocycles. The van der Waals surface area contributed by atoms with Gasteiger partial charge in [0, 0.05) is 36.3 Å². The minimum absolute atomic E-state index is 0.0859. The highest BCUT2D eigenvalue weighted by Crippen LogP contribution is 2.21. The quantitative estimate of drug-likeness (QED) is 0.768. The Labute approximate surface area is 148 Å². The van der Waals surface area contributed by atoms with Crippen LogP contribution in [-0.4, -0.2) is 46.4 Å². The van der Waals surface area contributed by atoms with Crippen LogP contribution in [0.1, 0.15) is 25.2 Å². The van der Waals surface area contributed by atoms with Gasteiger partial charge in [0.25, 0.3) is 0 Å². The van der Waals surface area contributed by atoms with Gasteiger partial charge >= 0.3 is 5.97 Å². The molecule has 1 aliphatic heterocycles. The summed E-state index contributed by atoms with van der Waals surface area (Å²) in [7, 11) is 0.